The van der Waals surface area contributed by atoms with Crippen LogP contribution in [-0.2, 0) is 22.4 Å². The molecule has 0 radical (unpaired) electrons. The van der Waals surface area contributed by atoms with Crippen LogP contribution in [0.25, 0.3) is 10.8 Å². The van der Waals surface area contributed by atoms with Gasteiger partial charge in [0.15, 0.2) is 6.79 Å². The lowest BCUT2D eigenvalue weighted by Gasteiger charge is -2.41. The zero-order valence-electron chi connectivity index (χ0n) is 29.3. The van der Waals surface area contributed by atoms with Gasteiger partial charge in [0.05, 0.1) is 36.3 Å². The van der Waals surface area contributed by atoms with E-state index in [-0.39, 0.29) is 32.4 Å². The number of carbonyl (C=O) groups excluding carboxylic acids is 1. The van der Waals surface area contributed by atoms with Gasteiger partial charge in [0.25, 0.3) is 0 Å². The summed E-state index contributed by atoms with van der Waals surface area (Å²) in [6.07, 6.45) is 0.773. The quantitative estimate of drug-likeness (QED) is 0.284. The number of piperazine rings is 1. The van der Waals surface area contributed by atoms with E-state index >= 15 is 0 Å². The van der Waals surface area contributed by atoms with Crippen molar-refractivity contribution in [3.63, 3.8) is 0 Å². The number of hydrogen-bond acceptors (Lipinski definition) is 11. The van der Waals surface area contributed by atoms with Crippen molar-refractivity contribution < 1.29 is 33.6 Å². The van der Waals surface area contributed by atoms with E-state index in [1.807, 2.05) is 45.0 Å². The second kappa shape index (κ2) is 14.1. The Kier molecular flexibility index (Phi) is 9.80. The normalized spacial score (nSPS) is 18.2. The van der Waals surface area contributed by atoms with E-state index in [0.717, 1.165) is 40.6 Å². The van der Waals surface area contributed by atoms with Crippen molar-refractivity contribution in [1.82, 2.24) is 19.8 Å². The molecule has 1 atom stereocenters. The lowest BCUT2D eigenvalue weighted by atomic mass is 10.0. The lowest BCUT2D eigenvalue weighted by Crippen LogP contribution is -2.55. The fraction of sp³-hybridized carbons (Fsp3) is 0.528. The first-order chi connectivity index (χ1) is 23.9. The number of aromatic nitrogens is 2. The number of carbonyl (C=O) groups is 2. The Hall–Kier alpha value is -5.03. The molecule has 50 heavy (non-hydrogen) atoms. The van der Waals surface area contributed by atoms with E-state index in [1.165, 1.54) is 4.90 Å². The van der Waals surface area contributed by atoms with E-state index < -0.39 is 29.4 Å². The molecule has 1 saturated heterocycles. The SMILES string of the molecule is COCOc1cc(N2CCc3c(nc(OCC4(N(C)C(=O)OC(C)(C)C)CC4)nc3N3CCN(C(=O)O)C(CC#N)C3)C2)c2ccccc2c1. The van der Waals surface area contributed by atoms with Crippen LogP contribution in [0.4, 0.5) is 21.1 Å². The number of likely N-dealkylation sites (N-methyl/N-ethyl adjacent to an activating group) is 1. The van der Waals surface area contributed by atoms with Gasteiger partial charge in [-0.15, -0.1) is 0 Å². The summed E-state index contributed by atoms with van der Waals surface area (Å²) in [5.74, 6) is 1.38. The molecule has 6 rings (SSSR count). The number of nitriles is 1. The van der Waals surface area contributed by atoms with Crippen molar-refractivity contribution in [1.29, 1.82) is 5.26 Å². The van der Waals surface area contributed by atoms with Crippen LogP contribution < -0.4 is 19.3 Å². The molecule has 2 aromatic carbocycles. The molecule has 3 heterocycles. The summed E-state index contributed by atoms with van der Waals surface area (Å²) in [6, 6.07) is 14.0. The molecule has 14 heteroatoms. The molecule has 2 aliphatic heterocycles. The monoisotopic (exact) mass is 687 g/mol. The molecule has 1 unspecified atom stereocenters. The molecular weight excluding hydrogens is 642 g/mol. The summed E-state index contributed by atoms with van der Waals surface area (Å²) in [4.78, 5) is 42.0. The second-order valence-electron chi connectivity index (χ2n) is 14.1. The summed E-state index contributed by atoms with van der Waals surface area (Å²) in [6.45, 7) is 7.96. The number of amides is 2. The molecule has 2 amide bonds. The van der Waals surface area contributed by atoms with Gasteiger partial charge in [-0.1, -0.05) is 24.3 Å². The lowest BCUT2D eigenvalue weighted by molar-refractivity contribution is 0.0134. The highest BCUT2D eigenvalue weighted by atomic mass is 16.7. The molecule has 1 saturated carbocycles. The first-order valence-corrected chi connectivity index (χ1v) is 16.9. The molecule has 3 aromatic rings. The standard InChI is InChI=1S/C36H45N7O7/c1-35(2,3)50-34(46)40(4)36(12-13-36)22-48-32-38-29-21-41(30-19-26(49-23-47-5)18-24-8-6-7-9-27(24)30)15-11-28(29)31(39-32)42-16-17-43(33(44)45)25(20-42)10-14-37/h6-9,18-19,25H,10-13,15-17,20-23H2,1-5H3,(H,44,45). The van der Waals surface area contributed by atoms with Crippen molar-refractivity contribution in [3.8, 4) is 17.8 Å². The Bertz CT molecular complexity index is 1780. The molecule has 266 valence electrons. The number of hydrogen-bond donors (Lipinski definition) is 1. The number of benzene rings is 2. The maximum atomic E-state index is 12.9. The van der Waals surface area contributed by atoms with Crippen LogP contribution in [-0.4, -0.2) is 108 Å². The van der Waals surface area contributed by atoms with Crippen LogP contribution in [0.1, 0.15) is 51.3 Å². The molecule has 1 aromatic heterocycles. The van der Waals surface area contributed by atoms with E-state index in [9.17, 15) is 20.0 Å². The van der Waals surface area contributed by atoms with Crippen molar-refractivity contribution in [2.75, 3.05) is 63.5 Å². The van der Waals surface area contributed by atoms with Gasteiger partial charge in [-0.3, -0.25) is 0 Å². The maximum absolute atomic E-state index is 12.9. The Morgan fingerprint density at radius 1 is 1.10 bits per heavy atom. The summed E-state index contributed by atoms with van der Waals surface area (Å²) in [7, 11) is 3.32. The molecule has 2 fully saturated rings. The Labute approximate surface area is 292 Å². The summed E-state index contributed by atoms with van der Waals surface area (Å²) in [5.41, 5.74) is 1.62. The highest BCUT2D eigenvalue weighted by molar-refractivity contribution is 5.96. The Morgan fingerprint density at radius 3 is 2.58 bits per heavy atom. The number of fused-ring (bicyclic) bond motifs is 2. The zero-order chi connectivity index (χ0) is 35.6. The van der Waals surface area contributed by atoms with Crippen LogP contribution in [0.5, 0.6) is 11.8 Å². The van der Waals surface area contributed by atoms with Gasteiger partial charge in [0.2, 0.25) is 0 Å². The van der Waals surface area contributed by atoms with Gasteiger partial charge < -0.3 is 43.7 Å². The van der Waals surface area contributed by atoms with Gasteiger partial charge in [-0.05, 0) is 51.5 Å². The fourth-order valence-corrected chi connectivity index (χ4v) is 6.68. The predicted molar refractivity (Wildman–Crippen MR) is 186 cm³/mol. The van der Waals surface area contributed by atoms with Gasteiger partial charge in [0, 0.05) is 63.0 Å². The predicted octanol–water partition coefficient (Wildman–Crippen LogP) is 5.04. The second-order valence-corrected chi connectivity index (χ2v) is 14.1. The van der Waals surface area contributed by atoms with E-state index in [0.29, 0.717) is 44.2 Å². The number of ether oxygens (including phenoxy) is 4. The largest absolute Gasteiger partial charge is 0.467 e. The Balaban J connectivity index is 1.33. The molecular formula is C36H45N7O7. The number of rotatable bonds is 10. The Morgan fingerprint density at radius 2 is 1.88 bits per heavy atom. The fourth-order valence-electron chi connectivity index (χ4n) is 6.68. The number of methoxy groups -OCH3 is 1. The number of nitrogens with zero attached hydrogens (tertiary/aromatic N) is 7. The van der Waals surface area contributed by atoms with E-state index in [1.54, 1.807) is 19.1 Å². The van der Waals surface area contributed by atoms with Gasteiger partial charge in [-0.25, -0.2) is 9.59 Å². The molecule has 1 N–H and O–H groups in total. The van der Waals surface area contributed by atoms with Crippen LogP contribution in [0.15, 0.2) is 36.4 Å². The minimum atomic E-state index is -1.04. The molecule has 3 aliphatic rings. The van der Waals surface area contributed by atoms with Crippen molar-refractivity contribution in [3.05, 3.63) is 47.7 Å². The average molecular weight is 688 g/mol. The molecule has 0 bridgehead atoms. The summed E-state index contributed by atoms with van der Waals surface area (Å²) < 4.78 is 23.0. The zero-order valence-corrected chi connectivity index (χ0v) is 29.3. The van der Waals surface area contributed by atoms with Crippen molar-refractivity contribution in [2.45, 2.75) is 70.2 Å². The van der Waals surface area contributed by atoms with Crippen molar-refractivity contribution >= 4 is 34.5 Å². The summed E-state index contributed by atoms with van der Waals surface area (Å²) in [5, 5.41) is 21.4. The highest BCUT2D eigenvalue weighted by Crippen LogP contribution is 2.42. The maximum Gasteiger partial charge on any atom is 0.410 e. The number of anilines is 2. The first-order valence-electron chi connectivity index (χ1n) is 16.9. The molecule has 0 spiro atoms. The molecule has 14 nitrogen and oxygen atoms in total. The topological polar surface area (TPSA) is 154 Å². The molecule has 1 aliphatic carbocycles. The van der Waals surface area contributed by atoms with Crippen LogP contribution in [0, 0.1) is 11.3 Å². The minimum absolute atomic E-state index is 0.0707. The van der Waals surface area contributed by atoms with Gasteiger partial charge in [0.1, 0.15) is 23.8 Å². The van der Waals surface area contributed by atoms with Crippen LogP contribution in [0.3, 0.4) is 0 Å². The van der Waals surface area contributed by atoms with Gasteiger partial charge >= 0.3 is 18.2 Å². The average Bonchev–Trinajstić information content (AvgIpc) is 3.89. The highest BCUT2D eigenvalue weighted by Gasteiger charge is 2.51. The van der Waals surface area contributed by atoms with Crippen LogP contribution >= 0.6 is 0 Å². The smallest absolute Gasteiger partial charge is 0.410 e. The summed E-state index contributed by atoms with van der Waals surface area (Å²) >= 11 is 0. The van der Waals surface area contributed by atoms with E-state index in [2.05, 4.69) is 28.0 Å². The third kappa shape index (κ3) is 7.42. The van der Waals surface area contributed by atoms with Gasteiger partial charge in [-0.2, -0.15) is 15.2 Å². The van der Waals surface area contributed by atoms with Crippen molar-refractivity contribution in [2.24, 2.45) is 0 Å². The van der Waals surface area contributed by atoms with Crippen LogP contribution in [0.2, 0.25) is 0 Å². The minimum Gasteiger partial charge on any atom is -0.467 e. The third-order valence-electron chi connectivity index (χ3n) is 9.55. The third-order valence-corrected chi connectivity index (χ3v) is 9.55. The van der Waals surface area contributed by atoms with E-state index in [4.69, 9.17) is 28.9 Å². The number of carboxylic acid groups (broad SMARTS) is 1. The first kappa shape index (κ1) is 34.8.